The largest absolute Gasteiger partial charge is 0.507 e. The van der Waals surface area contributed by atoms with Crippen LogP contribution in [0.3, 0.4) is 0 Å². The molecule has 0 spiro atoms. The molecule has 1 amide bonds. The first kappa shape index (κ1) is 14.0. The van der Waals surface area contributed by atoms with Crippen LogP contribution in [0.4, 0.5) is 0 Å². The molecule has 0 fully saturated rings. The number of hydrogen-bond acceptors (Lipinski definition) is 2. The average molecular weight is 300 g/mol. The average Bonchev–Trinajstić information content (AvgIpc) is 2.20. The molecule has 0 aliphatic heterocycles. The number of aryl methyl sites for hydroxylation is 1. The second kappa shape index (κ2) is 5.08. The van der Waals surface area contributed by atoms with Crippen molar-refractivity contribution in [2.24, 2.45) is 0 Å². The SMILES string of the molecule is Cc1ccc(O)c(C(=O)NC(C)(C)C(C)Br)c1. The molecule has 0 radical (unpaired) electrons. The second-order valence-electron chi connectivity index (χ2n) is 4.81. The van der Waals surface area contributed by atoms with Crippen molar-refractivity contribution in [3.8, 4) is 5.75 Å². The summed E-state index contributed by atoms with van der Waals surface area (Å²) in [5, 5.41) is 12.6. The summed E-state index contributed by atoms with van der Waals surface area (Å²) in [4.78, 5) is 12.2. The van der Waals surface area contributed by atoms with Crippen molar-refractivity contribution >= 4 is 21.8 Å². The van der Waals surface area contributed by atoms with E-state index in [2.05, 4.69) is 21.2 Å². The number of hydrogen-bond donors (Lipinski definition) is 2. The lowest BCUT2D eigenvalue weighted by atomic mass is 10.0. The second-order valence-corrected chi connectivity index (χ2v) is 6.19. The summed E-state index contributed by atoms with van der Waals surface area (Å²) in [6, 6.07) is 4.98. The maximum Gasteiger partial charge on any atom is 0.255 e. The standard InChI is InChI=1S/C13H18BrNO2/c1-8-5-6-11(16)10(7-8)12(17)15-13(3,4)9(2)14/h5-7,9,16H,1-4H3,(H,15,17). The van der Waals surface area contributed by atoms with Crippen LogP contribution in [0.5, 0.6) is 5.75 Å². The van der Waals surface area contributed by atoms with E-state index in [1.807, 2.05) is 27.7 Å². The normalized spacial score (nSPS) is 13.2. The minimum atomic E-state index is -0.382. The summed E-state index contributed by atoms with van der Waals surface area (Å²) in [7, 11) is 0. The first-order chi connectivity index (χ1) is 7.74. The van der Waals surface area contributed by atoms with Crippen molar-refractivity contribution in [3.63, 3.8) is 0 Å². The number of nitrogens with one attached hydrogen (secondary N) is 1. The van der Waals surface area contributed by atoms with Crippen molar-refractivity contribution in [1.82, 2.24) is 5.32 Å². The third-order valence-corrected chi connectivity index (χ3v) is 3.97. The first-order valence-corrected chi connectivity index (χ1v) is 6.42. The highest BCUT2D eigenvalue weighted by Gasteiger charge is 2.27. The minimum absolute atomic E-state index is 0.00567. The molecule has 17 heavy (non-hydrogen) atoms. The molecular formula is C13H18BrNO2. The van der Waals surface area contributed by atoms with Gasteiger partial charge in [-0.25, -0.2) is 0 Å². The molecule has 1 unspecified atom stereocenters. The number of halogens is 1. The van der Waals surface area contributed by atoms with Gasteiger partial charge in [-0.3, -0.25) is 4.79 Å². The van der Waals surface area contributed by atoms with Gasteiger partial charge in [0.2, 0.25) is 0 Å². The summed E-state index contributed by atoms with van der Waals surface area (Å²) in [5.74, 6) is -0.256. The van der Waals surface area contributed by atoms with E-state index < -0.39 is 0 Å². The number of carbonyl (C=O) groups is 1. The number of amides is 1. The fraction of sp³-hybridized carbons (Fsp3) is 0.462. The number of phenols is 1. The number of benzene rings is 1. The molecule has 94 valence electrons. The third-order valence-electron chi connectivity index (χ3n) is 2.83. The Hall–Kier alpha value is -1.03. The maximum absolute atomic E-state index is 12.0. The Morgan fingerprint density at radius 2 is 2.06 bits per heavy atom. The fourth-order valence-corrected chi connectivity index (χ4v) is 1.41. The van der Waals surface area contributed by atoms with Crippen LogP contribution in [0.25, 0.3) is 0 Å². The van der Waals surface area contributed by atoms with Crippen molar-refractivity contribution in [2.45, 2.75) is 38.1 Å². The predicted octanol–water partition coefficient (Wildman–Crippen LogP) is 2.99. The van der Waals surface area contributed by atoms with E-state index in [9.17, 15) is 9.90 Å². The van der Waals surface area contributed by atoms with Crippen LogP contribution in [-0.2, 0) is 0 Å². The van der Waals surface area contributed by atoms with Crippen molar-refractivity contribution < 1.29 is 9.90 Å². The molecule has 0 aliphatic carbocycles. The maximum atomic E-state index is 12.0. The Bertz CT molecular complexity index is 427. The fourth-order valence-electron chi connectivity index (χ4n) is 1.29. The van der Waals surface area contributed by atoms with Crippen LogP contribution in [0.1, 0.15) is 36.7 Å². The zero-order valence-electron chi connectivity index (χ0n) is 10.5. The van der Waals surface area contributed by atoms with Gasteiger partial charge in [0.1, 0.15) is 5.75 Å². The molecule has 1 atom stereocenters. The summed E-state index contributed by atoms with van der Waals surface area (Å²) >= 11 is 3.45. The van der Waals surface area contributed by atoms with Gasteiger partial charge in [0.15, 0.2) is 0 Å². The lowest BCUT2D eigenvalue weighted by molar-refractivity contribution is 0.0911. The van der Waals surface area contributed by atoms with Gasteiger partial charge in [0.05, 0.1) is 5.56 Å². The van der Waals surface area contributed by atoms with E-state index >= 15 is 0 Å². The van der Waals surface area contributed by atoms with Gasteiger partial charge in [-0.15, -0.1) is 0 Å². The number of rotatable bonds is 3. The van der Waals surface area contributed by atoms with Gasteiger partial charge < -0.3 is 10.4 Å². The minimum Gasteiger partial charge on any atom is -0.507 e. The lowest BCUT2D eigenvalue weighted by Crippen LogP contribution is -2.48. The number of carbonyl (C=O) groups excluding carboxylic acids is 1. The zero-order chi connectivity index (χ0) is 13.2. The van der Waals surface area contributed by atoms with Crippen molar-refractivity contribution in [3.05, 3.63) is 29.3 Å². The van der Waals surface area contributed by atoms with Crippen LogP contribution >= 0.6 is 15.9 Å². The molecule has 0 aromatic heterocycles. The predicted molar refractivity (Wildman–Crippen MR) is 72.8 cm³/mol. The number of alkyl halides is 1. The van der Waals surface area contributed by atoms with Crippen LogP contribution in [0.2, 0.25) is 0 Å². The van der Waals surface area contributed by atoms with Crippen LogP contribution in [0.15, 0.2) is 18.2 Å². The van der Waals surface area contributed by atoms with E-state index in [1.54, 1.807) is 12.1 Å². The van der Waals surface area contributed by atoms with Gasteiger partial charge in [0.25, 0.3) is 5.91 Å². The Morgan fingerprint density at radius 1 is 1.47 bits per heavy atom. The number of phenolic OH excluding ortho intramolecular Hbond substituents is 1. The molecular weight excluding hydrogens is 282 g/mol. The molecule has 0 saturated carbocycles. The monoisotopic (exact) mass is 299 g/mol. The smallest absolute Gasteiger partial charge is 0.255 e. The van der Waals surface area contributed by atoms with Gasteiger partial charge in [-0.1, -0.05) is 34.5 Å². The topological polar surface area (TPSA) is 49.3 Å². The summed E-state index contributed by atoms with van der Waals surface area (Å²) < 4.78 is 0. The van der Waals surface area contributed by atoms with E-state index in [0.717, 1.165) is 5.56 Å². The third kappa shape index (κ3) is 3.46. The van der Waals surface area contributed by atoms with Gasteiger partial charge in [0, 0.05) is 10.4 Å². The molecule has 0 aliphatic rings. The van der Waals surface area contributed by atoms with Gasteiger partial charge >= 0.3 is 0 Å². The highest BCUT2D eigenvalue weighted by molar-refractivity contribution is 9.09. The summed E-state index contributed by atoms with van der Waals surface area (Å²) in [5.41, 5.74) is 0.872. The van der Waals surface area contributed by atoms with Crippen LogP contribution < -0.4 is 5.32 Å². The quantitative estimate of drug-likeness (QED) is 0.843. The molecule has 0 heterocycles. The van der Waals surface area contributed by atoms with Crippen molar-refractivity contribution in [1.29, 1.82) is 0 Å². The Morgan fingerprint density at radius 3 is 2.59 bits per heavy atom. The Kier molecular flexibility index (Phi) is 4.20. The summed E-state index contributed by atoms with van der Waals surface area (Å²) in [6.45, 7) is 7.71. The zero-order valence-corrected chi connectivity index (χ0v) is 12.1. The van der Waals surface area contributed by atoms with Gasteiger partial charge in [-0.2, -0.15) is 0 Å². The van der Waals surface area contributed by atoms with E-state index in [1.165, 1.54) is 6.07 Å². The van der Waals surface area contributed by atoms with E-state index in [4.69, 9.17) is 0 Å². The molecule has 1 aromatic carbocycles. The number of aromatic hydroxyl groups is 1. The molecule has 1 rings (SSSR count). The Balaban J connectivity index is 2.94. The highest BCUT2D eigenvalue weighted by atomic mass is 79.9. The lowest BCUT2D eigenvalue weighted by Gasteiger charge is -2.29. The van der Waals surface area contributed by atoms with Crippen LogP contribution in [0, 0.1) is 6.92 Å². The molecule has 2 N–H and O–H groups in total. The van der Waals surface area contributed by atoms with Crippen molar-refractivity contribution in [2.75, 3.05) is 0 Å². The molecule has 3 nitrogen and oxygen atoms in total. The molecule has 4 heteroatoms. The molecule has 1 aromatic rings. The summed E-state index contributed by atoms with van der Waals surface area (Å²) in [6.07, 6.45) is 0. The molecule has 0 saturated heterocycles. The molecule has 0 bridgehead atoms. The van der Waals surface area contributed by atoms with E-state index in [-0.39, 0.29) is 22.0 Å². The van der Waals surface area contributed by atoms with Gasteiger partial charge in [-0.05, 0) is 32.9 Å². The Labute approximate surface area is 110 Å². The first-order valence-electron chi connectivity index (χ1n) is 5.50. The highest BCUT2D eigenvalue weighted by Crippen LogP contribution is 2.21. The van der Waals surface area contributed by atoms with E-state index in [0.29, 0.717) is 5.56 Å². The van der Waals surface area contributed by atoms with Crippen LogP contribution in [-0.4, -0.2) is 21.4 Å².